The molecule has 0 saturated heterocycles. The van der Waals surface area contributed by atoms with E-state index in [1.54, 1.807) is 17.0 Å². The van der Waals surface area contributed by atoms with E-state index in [0.29, 0.717) is 18.1 Å². The van der Waals surface area contributed by atoms with Crippen LogP contribution >= 0.6 is 11.3 Å². The first-order valence-corrected chi connectivity index (χ1v) is 10.8. The Balaban J connectivity index is 1.40. The van der Waals surface area contributed by atoms with E-state index in [-0.39, 0.29) is 23.3 Å². The molecule has 3 aromatic rings. The molecule has 1 fully saturated rings. The summed E-state index contributed by atoms with van der Waals surface area (Å²) in [6.45, 7) is 2.51. The highest BCUT2D eigenvalue weighted by Crippen LogP contribution is 2.37. The van der Waals surface area contributed by atoms with Gasteiger partial charge >= 0.3 is 0 Å². The largest absolute Gasteiger partial charge is 0.308 e. The maximum absolute atomic E-state index is 14.1. The van der Waals surface area contributed by atoms with Gasteiger partial charge in [-0.2, -0.15) is 0 Å². The fourth-order valence-corrected chi connectivity index (χ4v) is 4.65. The number of aromatic nitrogens is 1. The van der Waals surface area contributed by atoms with Gasteiger partial charge < -0.3 is 10.2 Å². The number of carbonyl (C=O) groups excluding carboxylic acids is 2. The highest BCUT2D eigenvalue weighted by Gasteiger charge is 2.31. The molecule has 0 unspecified atom stereocenters. The normalized spacial score (nSPS) is 15.2. The van der Waals surface area contributed by atoms with Crippen LogP contribution < -0.4 is 10.2 Å². The zero-order chi connectivity index (χ0) is 20.8. The Morgan fingerprint density at radius 1 is 1.20 bits per heavy atom. The number of aryl methyl sites for hydroxylation is 1. The van der Waals surface area contributed by atoms with Gasteiger partial charge in [-0.1, -0.05) is 18.2 Å². The van der Waals surface area contributed by atoms with E-state index < -0.39 is 5.82 Å². The standard InChI is InChI=1S/C23H20FN3O2S/c1-13-20(25-23(30-13)26-21(28)14-6-7-14)16-8-9-19-15(12-16)10-11-27(19)22(29)17-4-2-3-5-18(17)24/h2-5,8-9,12,14H,6-7,10-11H2,1H3,(H,25,26,28). The quantitative estimate of drug-likeness (QED) is 0.658. The topological polar surface area (TPSA) is 62.3 Å². The minimum absolute atomic E-state index is 0.0477. The molecule has 1 aliphatic heterocycles. The first kappa shape index (κ1) is 18.9. The lowest BCUT2D eigenvalue weighted by molar-refractivity contribution is -0.117. The molecule has 1 saturated carbocycles. The van der Waals surface area contributed by atoms with E-state index in [2.05, 4.69) is 10.3 Å². The number of halogens is 1. The molecule has 0 spiro atoms. The minimum atomic E-state index is -0.508. The maximum Gasteiger partial charge on any atom is 0.261 e. The summed E-state index contributed by atoms with van der Waals surface area (Å²) in [6, 6.07) is 11.9. The van der Waals surface area contributed by atoms with Crippen LogP contribution in [0.1, 0.15) is 33.6 Å². The first-order valence-electron chi connectivity index (χ1n) is 9.99. The van der Waals surface area contributed by atoms with Crippen molar-refractivity contribution in [1.82, 2.24) is 4.98 Å². The number of rotatable bonds is 4. The van der Waals surface area contributed by atoms with Gasteiger partial charge in [-0.25, -0.2) is 9.37 Å². The Morgan fingerprint density at radius 3 is 2.77 bits per heavy atom. The SMILES string of the molecule is Cc1sc(NC(=O)C2CC2)nc1-c1ccc2c(c1)CCN2C(=O)c1ccccc1F. The van der Waals surface area contributed by atoms with Crippen LogP contribution in [0, 0.1) is 18.7 Å². The Bertz CT molecular complexity index is 1170. The van der Waals surface area contributed by atoms with Crippen LogP contribution in [-0.4, -0.2) is 23.3 Å². The highest BCUT2D eigenvalue weighted by atomic mass is 32.1. The van der Waals surface area contributed by atoms with Crippen molar-refractivity contribution in [3.63, 3.8) is 0 Å². The van der Waals surface area contributed by atoms with E-state index in [1.165, 1.54) is 23.5 Å². The molecule has 0 radical (unpaired) electrons. The van der Waals surface area contributed by atoms with Crippen molar-refractivity contribution in [1.29, 1.82) is 0 Å². The number of hydrogen-bond donors (Lipinski definition) is 1. The zero-order valence-electron chi connectivity index (χ0n) is 16.4. The number of amides is 2. The second-order valence-electron chi connectivity index (χ2n) is 7.72. The van der Waals surface area contributed by atoms with Gasteiger partial charge in [0, 0.05) is 28.6 Å². The molecule has 1 aromatic heterocycles. The molecule has 7 heteroatoms. The molecular formula is C23H20FN3O2S. The summed E-state index contributed by atoms with van der Waals surface area (Å²) in [5.41, 5.74) is 3.72. The number of carbonyl (C=O) groups is 2. The van der Waals surface area contributed by atoms with E-state index in [1.807, 2.05) is 25.1 Å². The molecule has 2 aromatic carbocycles. The lowest BCUT2D eigenvalue weighted by Gasteiger charge is -2.18. The molecule has 2 amide bonds. The molecule has 5 nitrogen and oxygen atoms in total. The van der Waals surface area contributed by atoms with Gasteiger partial charge in [0.2, 0.25) is 5.91 Å². The fraction of sp³-hybridized carbons (Fsp3) is 0.261. The van der Waals surface area contributed by atoms with Crippen LogP contribution in [0.15, 0.2) is 42.5 Å². The van der Waals surface area contributed by atoms with Crippen LogP contribution in [0.2, 0.25) is 0 Å². The van der Waals surface area contributed by atoms with Crippen LogP contribution in [0.25, 0.3) is 11.3 Å². The molecular weight excluding hydrogens is 401 g/mol. The highest BCUT2D eigenvalue weighted by molar-refractivity contribution is 7.16. The minimum Gasteiger partial charge on any atom is -0.308 e. The summed E-state index contributed by atoms with van der Waals surface area (Å²) in [5.74, 6) is -0.650. The van der Waals surface area contributed by atoms with E-state index >= 15 is 0 Å². The number of hydrogen-bond acceptors (Lipinski definition) is 4. The van der Waals surface area contributed by atoms with Gasteiger partial charge in [-0.15, -0.1) is 11.3 Å². The Kier molecular flexibility index (Phi) is 4.62. The molecule has 2 aliphatic rings. The van der Waals surface area contributed by atoms with E-state index in [4.69, 9.17) is 0 Å². The predicted octanol–water partition coefficient (Wildman–Crippen LogP) is 4.81. The molecule has 0 atom stereocenters. The van der Waals surface area contributed by atoms with Crippen molar-refractivity contribution in [3.8, 4) is 11.3 Å². The summed E-state index contributed by atoms with van der Waals surface area (Å²) in [6.07, 6.45) is 2.61. The van der Waals surface area contributed by atoms with Crippen molar-refractivity contribution < 1.29 is 14.0 Å². The summed E-state index contributed by atoms with van der Waals surface area (Å²) < 4.78 is 14.1. The first-order chi connectivity index (χ1) is 14.5. The van der Waals surface area contributed by atoms with Gasteiger partial charge in [0.1, 0.15) is 5.82 Å². The predicted molar refractivity (Wildman–Crippen MR) is 115 cm³/mol. The van der Waals surface area contributed by atoms with Crippen molar-refractivity contribution in [2.45, 2.75) is 26.2 Å². The van der Waals surface area contributed by atoms with E-state index in [9.17, 15) is 14.0 Å². The molecule has 2 heterocycles. The Hall–Kier alpha value is -3.06. The summed E-state index contributed by atoms with van der Waals surface area (Å²) in [4.78, 5) is 32.1. The number of thiazole rings is 1. The van der Waals surface area contributed by atoms with Crippen molar-refractivity contribution in [3.05, 3.63) is 64.3 Å². The van der Waals surface area contributed by atoms with Crippen molar-refractivity contribution in [2.75, 3.05) is 16.8 Å². The summed E-state index contributed by atoms with van der Waals surface area (Å²) in [7, 11) is 0. The molecule has 30 heavy (non-hydrogen) atoms. The molecule has 0 bridgehead atoms. The fourth-order valence-electron chi connectivity index (χ4n) is 3.81. The third-order valence-corrected chi connectivity index (χ3v) is 6.46. The maximum atomic E-state index is 14.1. The summed E-state index contributed by atoms with van der Waals surface area (Å²) >= 11 is 1.47. The van der Waals surface area contributed by atoms with Gasteiger partial charge in [0.25, 0.3) is 5.91 Å². The average molecular weight is 421 g/mol. The molecule has 152 valence electrons. The lowest BCUT2D eigenvalue weighted by atomic mass is 10.1. The Morgan fingerprint density at radius 2 is 2.00 bits per heavy atom. The van der Waals surface area contributed by atoms with Crippen molar-refractivity contribution in [2.24, 2.45) is 5.92 Å². The summed E-state index contributed by atoms with van der Waals surface area (Å²) in [5, 5.41) is 3.53. The Labute approximate surface area is 177 Å². The number of nitrogens with zero attached hydrogens (tertiary/aromatic N) is 2. The van der Waals surface area contributed by atoms with Crippen molar-refractivity contribution >= 4 is 34.0 Å². The van der Waals surface area contributed by atoms with E-state index in [0.717, 1.165) is 40.2 Å². The number of benzene rings is 2. The van der Waals surface area contributed by atoms with Crippen LogP contribution in [0.4, 0.5) is 15.2 Å². The van der Waals surface area contributed by atoms with Gasteiger partial charge in [-0.05, 0) is 56.0 Å². The third kappa shape index (κ3) is 3.39. The molecule has 1 aliphatic carbocycles. The third-order valence-electron chi connectivity index (χ3n) is 5.57. The lowest BCUT2D eigenvalue weighted by Crippen LogP contribution is -2.29. The number of anilines is 2. The van der Waals surface area contributed by atoms with Gasteiger partial charge in [0.05, 0.1) is 11.3 Å². The second-order valence-corrected chi connectivity index (χ2v) is 8.92. The van der Waals surface area contributed by atoms with Crippen LogP contribution in [-0.2, 0) is 11.2 Å². The number of nitrogens with one attached hydrogen (secondary N) is 1. The number of fused-ring (bicyclic) bond motifs is 1. The van der Waals surface area contributed by atoms with Gasteiger partial charge in [0.15, 0.2) is 5.13 Å². The van der Waals surface area contributed by atoms with Crippen LogP contribution in [0.5, 0.6) is 0 Å². The molecule has 5 rings (SSSR count). The smallest absolute Gasteiger partial charge is 0.261 e. The van der Waals surface area contributed by atoms with Crippen LogP contribution in [0.3, 0.4) is 0 Å². The average Bonchev–Trinajstić information content (AvgIpc) is 3.41. The second kappa shape index (κ2) is 7.32. The van der Waals surface area contributed by atoms with Gasteiger partial charge in [-0.3, -0.25) is 9.59 Å². The zero-order valence-corrected chi connectivity index (χ0v) is 17.3. The molecule has 1 N–H and O–H groups in total. The monoisotopic (exact) mass is 421 g/mol.